The van der Waals surface area contributed by atoms with E-state index in [4.69, 9.17) is 10.8 Å². The average Bonchev–Trinajstić information content (AvgIpc) is 2.78. The number of rotatable bonds is 6. The molecule has 6 heteroatoms. The van der Waals surface area contributed by atoms with Gasteiger partial charge in [-0.3, -0.25) is 9.59 Å². The number of hydrogen-bond acceptors (Lipinski definition) is 4. The minimum absolute atomic E-state index is 0.00371. The van der Waals surface area contributed by atoms with Crippen LogP contribution in [0.2, 0.25) is 0 Å². The zero-order valence-electron chi connectivity index (χ0n) is 10.5. The van der Waals surface area contributed by atoms with Crippen LogP contribution in [0.4, 0.5) is 0 Å². The molecule has 1 aromatic rings. The van der Waals surface area contributed by atoms with Gasteiger partial charge in [-0.1, -0.05) is 6.07 Å². The van der Waals surface area contributed by atoms with E-state index in [1.807, 2.05) is 24.4 Å². The van der Waals surface area contributed by atoms with E-state index in [9.17, 15) is 9.59 Å². The van der Waals surface area contributed by atoms with Crippen LogP contribution < -0.4 is 5.73 Å². The summed E-state index contributed by atoms with van der Waals surface area (Å²) in [5.41, 5.74) is 5.56. The second-order valence-electron chi connectivity index (χ2n) is 4.29. The Bertz CT molecular complexity index is 405. The number of likely N-dealkylation sites (N-methyl/N-ethyl adjacent to an activating group) is 1. The molecule has 1 heterocycles. The molecule has 0 fully saturated rings. The Labute approximate surface area is 110 Å². The summed E-state index contributed by atoms with van der Waals surface area (Å²) in [6.45, 7) is 1.92. The SMILES string of the molecule is CC(Cc1cccs1)N(C)C(=O)C(N)CC(=O)O. The topological polar surface area (TPSA) is 83.6 Å². The van der Waals surface area contributed by atoms with E-state index in [0.717, 1.165) is 6.42 Å². The molecule has 1 rings (SSSR count). The number of thiophene rings is 1. The fourth-order valence-electron chi connectivity index (χ4n) is 1.61. The third-order valence-corrected chi connectivity index (χ3v) is 3.70. The van der Waals surface area contributed by atoms with E-state index < -0.39 is 12.0 Å². The Morgan fingerprint density at radius 3 is 2.72 bits per heavy atom. The molecule has 2 atom stereocenters. The van der Waals surface area contributed by atoms with E-state index in [0.29, 0.717) is 0 Å². The average molecular weight is 270 g/mol. The van der Waals surface area contributed by atoms with Crippen molar-refractivity contribution in [2.45, 2.75) is 31.8 Å². The van der Waals surface area contributed by atoms with Gasteiger partial charge in [-0.05, 0) is 18.4 Å². The maximum absolute atomic E-state index is 11.9. The quantitative estimate of drug-likeness (QED) is 0.805. The zero-order valence-corrected chi connectivity index (χ0v) is 11.3. The fourth-order valence-corrected chi connectivity index (χ4v) is 2.44. The first-order chi connectivity index (χ1) is 8.41. The highest BCUT2D eigenvalue weighted by Gasteiger charge is 2.24. The van der Waals surface area contributed by atoms with Gasteiger partial charge in [-0.25, -0.2) is 0 Å². The van der Waals surface area contributed by atoms with Gasteiger partial charge >= 0.3 is 5.97 Å². The molecule has 18 heavy (non-hydrogen) atoms. The number of amides is 1. The van der Waals surface area contributed by atoms with Crippen molar-refractivity contribution < 1.29 is 14.7 Å². The lowest BCUT2D eigenvalue weighted by Gasteiger charge is -2.26. The molecule has 0 aliphatic heterocycles. The predicted octanol–water partition coefficient (Wildman–Crippen LogP) is 0.940. The van der Waals surface area contributed by atoms with Crippen molar-refractivity contribution in [3.8, 4) is 0 Å². The molecule has 3 N–H and O–H groups in total. The highest BCUT2D eigenvalue weighted by atomic mass is 32.1. The summed E-state index contributed by atoms with van der Waals surface area (Å²) in [5.74, 6) is -1.39. The van der Waals surface area contributed by atoms with Crippen LogP contribution in [0.5, 0.6) is 0 Å². The standard InChI is InChI=1S/C12H18N2O3S/c1-8(6-9-4-3-5-18-9)14(2)12(17)10(13)7-11(15)16/h3-5,8,10H,6-7,13H2,1-2H3,(H,15,16). The van der Waals surface area contributed by atoms with Crippen LogP contribution in [0, 0.1) is 0 Å². The summed E-state index contributed by atoms with van der Waals surface area (Å²) in [6, 6.07) is 3.00. The molecular formula is C12H18N2O3S. The number of carbonyl (C=O) groups is 2. The number of nitrogens with two attached hydrogens (primary N) is 1. The van der Waals surface area contributed by atoms with Crippen molar-refractivity contribution in [2.75, 3.05) is 7.05 Å². The van der Waals surface area contributed by atoms with Crippen LogP contribution in [0.3, 0.4) is 0 Å². The van der Waals surface area contributed by atoms with Crippen molar-refractivity contribution >= 4 is 23.2 Å². The van der Waals surface area contributed by atoms with Gasteiger partial charge in [0.1, 0.15) is 0 Å². The van der Waals surface area contributed by atoms with Crippen molar-refractivity contribution in [1.82, 2.24) is 4.90 Å². The first kappa shape index (κ1) is 14.7. The van der Waals surface area contributed by atoms with Gasteiger partial charge < -0.3 is 15.7 Å². The van der Waals surface area contributed by atoms with Crippen LogP contribution in [0.25, 0.3) is 0 Å². The molecular weight excluding hydrogens is 252 g/mol. The number of carboxylic acid groups (broad SMARTS) is 1. The van der Waals surface area contributed by atoms with Crippen molar-refractivity contribution in [1.29, 1.82) is 0 Å². The predicted molar refractivity (Wildman–Crippen MR) is 70.5 cm³/mol. The molecule has 5 nitrogen and oxygen atoms in total. The third kappa shape index (κ3) is 4.12. The first-order valence-corrected chi connectivity index (χ1v) is 6.56. The molecule has 0 saturated carbocycles. The van der Waals surface area contributed by atoms with Crippen LogP contribution in [0.1, 0.15) is 18.2 Å². The molecule has 100 valence electrons. The number of carbonyl (C=O) groups excluding carboxylic acids is 1. The highest BCUT2D eigenvalue weighted by Crippen LogP contribution is 2.14. The van der Waals surface area contributed by atoms with Gasteiger partial charge in [0.2, 0.25) is 5.91 Å². The van der Waals surface area contributed by atoms with E-state index in [-0.39, 0.29) is 18.4 Å². The molecule has 0 aliphatic rings. The van der Waals surface area contributed by atoms with Crippen molar-refractivity contribution in [2.24, 2.45) is 5.73 Å². The third-order valence-electron chi connectivity index (χ3n) is 2.80. The molecule has 1 amide bonds. The molecule has 0 aliphatic carbocycles. The normalized spacial score (nSPS) is 13.9. The Morgan fingerprint density at radius 2 is 2.22 bits per heavy atom. The Morgan fingerprint density at radius 1 is 1.56 bits per heavy atom. The molecule has 0 radical (unpaired) electrons. The summed E-state index contributed by atoms with van der Waals surface area (Å²) in [6.07, 6.45) is 0.411. The lowest BCUT2D eigenvalue weighted by Crippen LogP contribution is -2.47. The summed E-state index contributed by atoms with van der Waals surface area (Å²) < 4.78 is 0. The molecule has 0 aromatic carbocycles. The lowest BCUT2D eigenvalue weighted by atomic mass is 10.1. The van der Waals surface area contributed by atoms with E-state index >= 15 is 0 Å². The maximum Gasteiger partial charge on any atom is 0.305 e. The van der Waals surface area contributed by atoms with Crippen LogP contribution in [-0.2, 0) is 16.0 Å². The van der Waals surface area contributed by atoms with Gasteiger partial charge in [0.05, 0.1) is 12.5 Å². The van der Waals surface area contributed by atoms with Gasteiger partial charge in [0, 0.05) is 24.4 Å². The number of aliphatic carboxylic acids is 1. The van der Waals surface area contributed by atoms with Crippen LogP contribution in [0.15, 0.2) is 17.5 Å². The number of carboxylic acids is 1. The lowest BCUT2D eigenvalue weighted by molar-refractivity contribution is -0.142. The van der Waals surface area contributed by atoms with E-state index in [2.05, 4.69) is 0 Å². The van der Waals surface area contributed by atoms with Crippen molar-refractivity contribution in [3.63, 3.8) is 0 Å². The van der Waals surface area contributed by atoms with Gasteiger partial charge in [-0.15, -0.1) is 11.3 Å². The summed E-state index contributed by atoms with van der Waals surface area (Å²) in [7, 11) is 1.66. The van der Waals surface area contributed by atoms with E-state index in [1.54, 1.807) is 18.4 Å². The minimum atomic E-state index is -1.06. The minimum Gasteiger partial charge on any atom is -0.481 e. The Kier molecular flexibility index (Phi) is 5.30. The Balaban J connectivity index is 2.54. The van der Waals surface area contributed by atoms with Gasteiger partial charge in [0.15, 0.2) is 0 Å². The molecule has 0 saturated heterocycles. The molecule has 1 aromatic heterocycles. The summed E-state index contributed by atoms with van der Waals surface area (Å²) in [4.78, 5) is 25.1. The van der Waals surface area contributed by atoms with E-state index in [1.165, 1.54) is 9.78 Å². The highest BCUT2D eigenvalue weighted by molar-refractivity contribution is 7.09. The zero-order chi connectivity index (χ0) is 13.7. The van der Waals surface area contributed by atoms with Gasteiger partial charge in [-0.2, -0.15) is 0 Å². The summed E-state index contributed by atoms with van der Waals surface area (Å²) in [5, 5.41) is 10.6. The largest absolute Gasteiger partial charge is 0.481 e. The molecule has 2 unspecified atom stereocenters. The summed E-state index contributed by atoms with van der Waals surface area (Å²) >= 11 is 1.64. The number of hydrogen-bond donors (Lipinski definition) is 2. The smallest absolute Gasteiger partial charge is 0.305 e. The second kappa shape index (κ2) is 6.51. The number of nitrogens with zero attached hydrogens (tertiary/aromatic N) is 1. The van der Waals surface area contributed by atoms with Gasteiger partial charge in [0.25, 0.3) is 0 Å². The van der Waals surface area contributed by atoms with Crippen molar-refractivity contribution in [3.05, 3.63) is 22.4 Å². The fraction of sp³-hybridized carbons (Fsp3) is 0.500. The molecule has 0 bridgehead atoms. The maximum atomic E-state index is 11.9. The van der Waals surface area contributed by atoms with Crippen LogP contribution >= 0.6 is 11.3 Å². The molecule has 0 spiro atoms. The first-order valence-electron chi connectivity index (χ1n) is 5.68. The van der Waals surface area contributed by atoms with Crippen LogP contribution in [-0.4, -0.2) is 41.0 Å². The Hall–Kier alpha value is -1.40. The second-order valence-corrected chi connectivity index (χ2v) is 5.32. The monoisotopic (exact) mass is 270 g/mol.